The van der Waals surface area contributed by atoms with Crippen molar-refractivity contribution in [3.05, 3.63) is 58.9 Å². The number of benzene rings is 3. The highest BCUT2D eigenvalue weighted by Gasteiger charge is 2.26. The normalized spacial score (nSPS) is 13.0. The lowest BCUT2D eigenvalue weighted by Gasteiger charge is -2.19. The summed E-state index contributed by atoms with van der Waals surface area (Å²) < 4.78 is 74.1. The zero-order valence-electron chi connectivity index (χ0n) is 20.2. The number of hydrogen-bond donors (Lipinski definition) is 3. The van der Waals surface area contributed by atoms with Crippen molar-refractivity contribution in [2.75, 3.05) is 18.4 Å². The van der Waals surface area contributed by atoms with E-state index in [9.17, 15) is 25.9 Å². The van der Waals surface area contributed by atoms with Crippen molar-refractivity contribution >= 4 is 36.9 Å². The lowest BCUT2D eigenvalue weighted by molar-refractivity contribution is 0.481. The fourth-order valence-electron chi connectivity index (χ4n) is 4.28. The molecular formula is C25H26N2O7S2. The summed E-state index contributed by atoms with van der Waals surface area (Å²) in [6.07, 6.45) is 0. The quantitative estimate of drug-likeness (QED) is 0.241. The Bertz CT molecular complexity index is 1760. The number of nitrogens with zero attached hydrogens (tertiary/aromatic N) is 1. The van der Waals surface area contributed by atoms with Crippen molar-refractivity contribution < 1.29 is 30.4 Å². The van der Waals surface area contributed by atoms with Crippen molar-refractivity contribution in [1.29, 1.82) is 0 Å². The Morgan fingerprint density at radius 3 is 2.22 bits per heavy atom. The summed E-state index contributed by atoms with van der Waals surface area (Å²) in [5.74, 6) is 0.432. The molecule has 0 aromatic heterocycles. The van der Waals surface area contributed by atoms with Gasteiger partial charge in [0.1, 0.15) is 16.2 Å². The molecule has 3 N–H and O–H groups in total. The van der Waals surface area contributed by atoms with E-state index in [2.05, 4.69) is 10.3 Å². The Morgan fingerprint density at radius 2 is 1.61 bits per heavy atom. The second-order valence-electron chi connectivity index (χ2n) is 8.39. The highest BCUT2D eigenvalue weighted by molar-refractivity contribution is 7.86. The van der Waals surface area contributed by atoms with E-state index < -0.39 is 30.0 Å². The Morgan fingerprint density at radius 1 is 0.889 bits per heavy atom. The predicted octanol–water partition coefficient (Wildman–Crippen LogP) is 4.67. The molecule has 11 heteroatoms. The molecule has 36 heavy (non-hydrogen) atoms. The molecule has 4 rings (SSSR count). The summed E-state index contributed by atoms with van der Waals surface area (Å²) in [7, 11) is -9.61. The molecule has 0 saturated carbocycles. The molecule has 0 unspecified atom stereocenters. The fraction of sp³-hybridized carbons (Fsp3) is 0.240. The highest BCUT2D eigenvalue weighted by Crippen LogP contribution is 2.44. The summed E-state index contributed by atoms with van der Waals surface area (Å²) in [5.41, 5.74) is 4.02. The number of rotatable bonds is 6. The number of fused-ring (bicyclic) bond motifs is 2. The SMILES string of the molecule is CC/N=c1\cc2oc3cc(NCC)c(C)cc3c(-c3ccc(S(=O)(=O)O)cc3S(=O)(=O)O)c-2cc1C. The molecule has 0 atom stereocenters. The second kappa shape index (κ2) is 9.32. The Labute approximate surface area is 209 Å². The Hall–Kier alpha value is -3.25. The Balaban J connectivity index is 2.24. The number of hydrogen-bond acceptors (Lipinski definition) is 7. The highest BCUT2D eigenvalue weighted by atomic mass is 32.2. The van der Waals surface area contributed by atoms with Gasteiger partial charge in [0, 0.05) is 53.0 Å². The minimum absolute atomic E-state index is 0.0610. The molecule has 0 radical (unpaired) electrons. The van der Waals surface area contributed by atoms with Gasteiger partial charge in [0.25, 0.3) is 20.2 Å². The third-order valence-corrected chi connectivity index (χ3v) is 7.62. The average molecular weight is 531 g/mol. The van der Waals surface area contributed by atoms with Crippen molar-refractivity contribution in [1.82, 2.24) is 0 Å². The second-order valence-corrected chi connectivity index (χ2v) is 11.2. The minimum Gasteiger partial charge on any atom is -0.456 e. The van der Waals surface area contributed by atoms with Gasteiger partial charge in [-0.25, -0.2) is 0 Å². The minimum atomic E-state index is -4.89. The van der Waals surface area contributed by atoms with Crippen molar-refractivity contribution in [2.24, 2.45) is 4.99 Å². The van der Waals surface area contributed by atoms with E-state index >= 15 is 0 Å². The third-order valence-electron chi connectivity index (χ3n) is 5.88. The maximum atomic E-state index is 12.4. The van der Waals surface area contributed by atoms with Gasteiger partial charge in [-0.2, -0.15) is 16.8 Å². The van der Waals surface area contributed by atoms with Gasteiger partial charge in [-0.05, 0) is 63.1 Å². The fourth-order valence-corrected chi connectivity index (χ4v) is 5.59. The zero-order chi connectivity index (χ0) is 26.4. The van der Waals surface area contributed by atoms with Crippen LogP contribution in [-0.2, 0) is 20.2 Å². The van der Waals surface area contributed by atoms with Gasteiger partial charge in [-0.3, -0.25) is 14.1 Å². The van der Waals surface area contributed by atoms with E-state index in [-0.39, 0.29) is 5.56 Å². The van der Waals surface area contributed by atoms with Crippen LogP contribution in [-0.4, -0.2) is 39.0 Å². The first kappa shape index (κ1) is 25.8. The molecule has 0 amide bonds. The standard InChI is InChI=1S/C25H26N2O7S2/c1-5-26-20-12-22-18(9-14(20)3)25(19-10-15(4)21(27-6-2)13-23(19)34-22)17-8-7-16(35(28,29)30)11-24(17)36(31,32)33/h7-13,26H,5-6H2,1-4H3,(H,28,29,30)(H,31,32,33)/b27-21+. The van der Waals surface area contributed by atoms with Crippen LogP contribution in [0.5, 0.6) is 0 Å². The average Bonchev–Trinajstić information content (AvgIpc) is 2.78. The molecule has 0 saturated heterocycles. The largest absolute Gasteiger partial charge is 0.456 e. The topological polar surface area (TPSA) is 146 Å². The molecule has 9 nitrogen and oxygen atoms in total. The summed E-state index contributed by atoms with van der Waals surface area (Å²) in [6.45, 7) is 8.86. The van der Waals surface area contributed by atoms with Gasteiger partial charge in [-0.15, -0.1) is 0 Å². The lowest BCUT2D eigenvalue weighted by Crippen LogP contribution is -2.10. The van der Waals surface area contributed by atoms with Crippen molar-refractivity contribution in [3.63, 3.8) is 0 Å². The number of aryl methyl sites for hydroxylation is 2. The van der Waals surface area contributed by atoms with Crippen LogP contribution in [0.3, 0.4) is 0 Å². The van der Waals surface area contributed by atoms with Crippen LogP contribution >= 0.6 is 0 Å². The predicted molar refractivity (Wildman–Crippen MR) is 138 cm³/mol. The smallest absolute Gasteiger partial charge is 0.295 e. The molecule has 1 heterocycles. The van der Waals surface area contributed by atoms with Gasteiger partial charge >= 0.3 is 0 Å². The molecule has 0 bridgehead atoms. The van der Waals surface area contributed by atoms with Crippen LogP contribution in [0, 0.1) is 13.8 Å². The first-order chi connectivity index (χ1) is 16.8. The van der Waals surface area contributed by atoms with Crippen LogP contribution in [0.2, 0.25) is 0 Å². The van der Waals surface area contributed by atoms with Crippen LogP contribution in [0.1, 0.15) is 25.0 Å². The lowest BCUT2D eigenvalue weighted by atomic mass is 9.91. The summed E-state index contributed by atoms with van der Waals surface area (Å²) in [6, 6.07) is 10.3. The molecule has 2 aliphatic rings. The molecule has 1 aliphatic carbocycles. The molecule has 0 spiro atoms. The van der Waals surface area contributed by atoms with E-state index in [4.69, 9.17) is 4.42 Å². The Kier molecular flexibility index (Phi) is 6.69. The molecule has 2 aromatic carbocycles. The van der Waals surface area contributed by atoms with Crippen LogP contribution in [0.25, 0.3) is 33.4 Å². The number of nitrogens with one attached hydrogen (secondary N) is 1. The summed E-state index contributed by atoms with van der Waals surface area (Å²) in [4.78, 5) is 3.19. The molecular weight excluding hydrogens is 504 g/mol. The molecule has 2 aromatic rings. The van der Waals surface area contributed by atoms with Gasteiger partial charge in [0.2, 0.25) is 0 Å². The van der Waals surface area contributed by atoms with Crippen molar-refractivity contribution in [2.45, 2.75) is 37.5 Å². The molecule has 1 aliphatic heterocycles. The maximum Gasteiger partial charge on any atom is 0.295 e. The van der Waals surface area contributed by atoms with E-state index in [0.29, 0.717) is 40.9 Å². The maximum absolute atomic E-state index is 12.4. The monoisotopic (exact) mass is 530 g/mol. The van der Waals surface area contributed by atoms with E-state index in [1.165, 1.54) is 6.07 Å². The number of anilines is 1. The van der Waals surface area contributed by atoms with E-state index in [0.717, 1.165) is 34.3 Å². The summed E-state index contributed by atoms with van der Waals surface area (Å²) >= 11 is 0. The molecule has 190 valence electrons. The van der Waals surface area contributed by atoms with Gasteiger partial charge in [-0.1, -0.05) is 6.07 Å². The molecule has 0 fully saturated rings. The van der Waals surface area contributed by atoms with E-state index in [1.54, 1.807) is 6.07 Å². The van der Waals surface area contributed by atoms with E-state index in [1.807, 2.05) is 45.9 Å². The zero-order valence-corrected chi connectivity index (χ0v) is 21.8. The first-order valence-electron chi connectivity index (χ1n) is 11.2. The van der Waals surface area contributed by atoms with Crippen LogP contribution in [0.15, 0.2) is 61.7 Å². The van der Waals surface area contributed by atoms with Crippen LogP contribution in [0.4, 0.5) is 5.69 Å². The summed E-state index contributed by atoms with van der Waals surface area (Å²) in [5, 5.41) is 4.55. The van der Waals surface area contributed by atoms with Gasteiger partial charge < -0.3 is 9.73 Å². The van der Waals surface area contributed by atoms with Crippen LogP contribution < -0.4 is 10.7 Å². The first-order valence-corrected chi connectivity index (χ1v) is 14.1. The third kappa shape index (κ3) is 4.74. The van der Waals surface area contributed by atoms with Gasteiger partial charge in [0.05, 0.1) is 10.3 Å². The van der Waals surface area contributed by atoms with Crippen molar-refractivity contribution in [3.8, 4) is 22.5 Å². The van der Waals surface area contributed by atoms with Gasteiger partial charge in [0.15, 0.2) is 0 Å².